The van der Waals surface area contributed by atoms with Crippen molar-refractivity contribution in [3.05, 3.63) is 29.8 Å². The minimum atomic E-state index is -4.40. The first-order chi connectivity index (χ1) is 9.82. The lowest BCUT2D eigenvalue weighted by atomic mass is 10.2. The van der Waals surface area contributed by atoms with Crippen molar-refractivity contribution >= 4 is 11.6 Å². The first-order valence-electron chi connectivity index (χ1n) is 6.98. The summed E-state index contributed by atoms with van der Waals surface area (Å²) in [5.41, 5.74) is -0.591. The average Bonchev–Trinajstić information content (AvgIpc) is 2.42. The number of alkyl halides is 3. The molecule has 1 amide bonds. The first-order valence-corrected chi connectivity index (χ1v) is 6.98. The van der Waals surface area contributed by atoms with Gasteiger partial charge in [-0.25, -0.2) is 0 Å². The molecule has 0 aromatic heterocycles. The zero-order chi connectivity index (χ0) is 15.9. The van der Waals surface area contributed by atoms with Gasteiger partial charge in [-0.3, -0.25) is 4.79 Å². The molecule has 0 radical (unpaired) electrons. The van der Waals surface area contributed by atoms with Gasteiger partial charge in [0.2, 0.25) is 5.91 Å². The van der Waals surface area contributed by atoms with E-state index in [0.29, 0.717) is 6.54 Å². The molecule has 0 fully saturated rings. The molecule has 0 aliphatic carbocycles. The van der Waals surface area contributed by atoms with E-state index >= 15 is 0 Å². The van der Waals surface area contributed by atoms with Crippen LogP contribution in [-0.4, -0.2) is 30.9 Å². The Morgan fingerprint density at radius 3 is 2.62 bits per heavy atom. The van der Waals surface area contributed by atoms with Gasteiger partial charge in [-0.1, -0.05) is 19.4 Å². The monoisotopic (exact) mass is 302 g/mol. The van der Waals surface area contributed by atoms with Gasteiger partial charge < -0.3 is 10.2 Å². The Balaban J connectivity index is 2.48. The summed E-state index contributed by atoms with van der Waals surface area (Å²) >= 11 is 0. The Morgan fingerprint density at radius 1 is 1.29 bits per heavy atom. The molecule has 0 atom stereocenters. The topological polar surface area (TPSA) is 32.3 Å². The Bertz CT molecular complexity index is 460. The number of nitrogens with one attached hydrogen (secondary N) is 1. The molecule has 1 N–H and O–H groups in total. The largest absolute Gasteiger partial charge is 0.416 e. The van der Waals surface area contributed by atoms with Crippen LogP contribution >= 0.6 is 0 Å². The SMILES string of the molecule is CCCCN(C)CCC(=O)Nc1cccc(C(F)(F)F)c1. The summed E-state index contributed by atoms with van der Waals surface area (Å²) < 4.78 is 37.7. The van der Waals surface area contributed by atoms with Crippen LogP contribution in [0.1, 0.15) is 31.7 Å². The second-order valence-electron chi connectivity index (χ2n) is 5.03. The van der Waals surface area contributed by atoms with Crippen LogP contribution in [0.15, 0.2) is 24.3 Å². The summed E-state index contributed by atoms with van der Waals surface area (Å²) in [5.74, 6) is -0.280. The van der Waals surface area contributed by atoms with Crippen molar-refractivity contribution in [2.45, 2.75) is 32.4 Å². The minimum Gasteiger partial charge on any atom is -0.326 e. The number of amides is 1. The predicted molar refractivity (Wildman–Crippen MR) is 77.1 cm³/mol. The molecule has 0 saturated heterocycles. The first kappa shape index (κ1) is 17.5. The summed E-state index contributed by atoms with van der Waals surface area (Å²) in [7, 11) is 1.92. The zero-order valence-electron chi connectivity index (χ0n) is 12.3. The van der Waals surface area contributed by atoms with Gasteiger partial charge in [0, 0.05) is 18.7 Å². The number of carbonyl (C=O) groups excluding carboxylic acids is 1. The number of benzene rings is 1. The van der Waals surface area contributed by atoms with Crippen molar-refractivity contribution in [3.8, 4) is 0 Å². The van der Waals surface area contributed by atoms with Crippen LogP contribution in [0.2, 0.25) is 0 Å². The summed E-state index contributed by atoms with van der Waals surface area (Å²) in [5, 5.41) is 2.50. The van der Waals surface area contributed by atoms with Crippen LogP contribution in [-0.2, 0) is 11.0 Å². The lowest BCUT2D eigenvalue weighted by molar-refractivity contribution is -0.137. The maximum atomic E-state index is 12.6. The summed E-state index contributed by atoms with van der Waals surface area (Å²) in [6.07, 6.45) is -2.00. The summed E-state index contributed by atoms with van der Waals surface area (Å²) in [6, 6.07) is 4.66. The highest BCUT2D eigenvalue weighted by molar-refractivity contribution is 5.90. The Labute approximate surface area is 123 Å². The van der Waals surface area contributed by atoms with Gasteiger partial charge in [0.05, 0.1) is 5.56 Å². The second kappa shape index (κ2) is 8.02. The maximum Gasteiger partial charge on any atom is 0.416 e. The molecule has 0 heterocycles. The van der Waals surface area contributed by atoms with Crippen molar-refractivity contribution in [1.82, 2.24) is 4.90 Å². The highest BCUT2D eigenvalue weighted by Crippen LogP contribution is 2.30. The van der Waals surface area contributed by atoms with Crippen LogP contribution in [0.5, 0.6) is 0 Å². The van der Waals surface area contributed by atoms with Crippen LogP contribution in [0.25, 0.3) is 0 Å². The number of unbranched alkanes of at least 4 members (excludes halogenated alkanes) is 1. The molecular weight excluding hydrogens is 281 g/mol. The third-order valence-electron chi connectivity index (χ3n) is 3.09. The normalized spacial score (nSPS) is 11.7. The standard InChI is InChI=1S/C15H21F3N2O/c1-3-4-9-20(2)10-8-14(21)19-13-7-5-6-12(11-13)15(16,17)18/h5-7,11H,3-4,8-10H2,1-2H3,(H,19,21). The van der Waals surface area contributed by atoms with Gasteiger partial charge in [-0.15, -0.1) is 0 Å². The molecule has 0 bridgehead atoms. The second-order valence-corrected chi connectivity index (χ2v) is 5.03. The molecule has 1 aromatic rings. The van der Waals surface area contributed by atoms with Crippen molar-refractivity contribution < 1.29 is 18.0 Å². The third-order valence-corrected chi connectivity index (χ3v) is 3.09. The zero-order valence-corrected chi connectivity index (χ0v) is 12.3. The Kier molecular flexibility index (Phi) is 6.68. The molecule has 1 rings (SSSR count). The molecule has 3 nitrogen and oxygen atoms in total. The Morgan fingerprint density at radius 2 is 2.00 bits per heavy atom. The van der Waals surface area contributed by atoms with Gasteiger partial charge >= 0.3 is 6.18 Å². The molecule has 21 heavy (non-hydrogen) atoms. The molecule has 0 spiro atoms. The fraction of sp³-hybridized carbons (Fsp3) is 0.533. The number of rotatable bonds is 7. The van der Waals surface area contributed by atoms with E-state index in [9.17, 15) is 18.0 Å². The predicted octanol–water partition coefficient (Wildman–Crippen LogP) is 3.77. The third kappa shape index (κ3) is 6.62. The average molecular weight is 302 g/mol. The van der Waals surface area contributed by atoms with E-state index in [2.05, 4.69) is 12.2 Å². The van der Waals surface area contributed by atoms with E-state index < -0.39 is 11.7 Å². The molecule has 0 saturated carbocycles. The van der Waals surface area contributed by atoms with Crippen molar-refractivity contribution in [3.63, 3.8) is 0 Å². The van der Waals surface area contributed by atoms with E-state index in [1.807, 2.05) is 11.9 Å². The number of hydrogen-bond donors (Lipinski definition) is 1. The summed E-state index contributed by atoms with van der Waals surface area (Å²) in [6.45, 7) is 3.59. The molecule has 0 unspecified atom stereocenters. The minimum absolute atomic E-state index is 0.172. The van der Waals surface area contributed by atoms with E-state index in [4.69, 9.17) is 0 Å². The molecule has 1 aromatic carbocycles. The van der Waals surface area contributed by atoms with Crippen LogP contribution in [0.4, 0.5) is 18.9 Å². The number of carbonyl (C=O) groups is 1. The van der Waals surface area contributed by atoms with Gasteiger partial charge in [-0.05, 0) is 38.2 Å². The van der Waals surface area contributed by atoms with Crippen LogP contribution in [0, 0.1) is 0 Å². The molecule has 118 valence electrons. The van der Waals surface area contributed by atoms with Gasteiger partial charge in [0.15, 0.2) is 0 Å². The molecule has 0 aliphatic rings. The highest BCUT2D eigenvalue weighted by Gasteiger charge is 2.30. The van der Waals surface area contributed by atoms with Gasteiger partial charge in [0.1, 0.15) is 0 Å². The number of halogens is 3. The molecule has 6 heteroatoms. The molecule has 0 aliphatic heterocycles. The van der Waals surface area contributed by atoms with E-state index in [-0.39, 0.29) is 18.0 Å². The molecular formula is C15H21F3N2O. The smallest absolute Gasteiger partial charge is 0.326 e. The number of hydrogen-bond acceptors (Lipinski definition) is 2. The number of nitrogens with zero attached hydrogens (tertiary/aromatic N) is 1. The lowest BCUT2D eigenvalue weighted by Gasteiger charge is -2.15. The fourth-order valence-electron chi connectivity index (χ4n) is 1.83. The fourth-order valence-corrected chi connectivity index (χ4v) is 1.83. The maximum absolute atomic E-state index is 12.6. The van der Waals surface area contributed by atoms with Crippen molar-refractivity contribution in [2.75, 3.05) is 25.5 Å². The Hall–Kier alpha value is -1.56. The van der Waals surface area contributed by atoms with E-state index in [1.54, 1.807) is 0 Å². The highest BCUT2D eigenvalue weighted by atomic mass is 19.4. The van der Waals surface area contributed by atoms with E-state index in [0.717, 1.165) is 31.5 Å². The van der Waals surface area contributed by atoms with Crippen molar-refractivity contribution in [2.24, 2.45) is 0 Å². The van der Waals surface area contributed by atoms with Crippen LogP contribution < -0.4 is 5.32 Å². The van der Waals surface area contributed by atoms with Gasteiger partial charge in [0.25, 0.3) is 0 Å². The van der Waals surface area contributed by atoms with E-state index in [1.165, 1.54) is 12.1 Å². The van der Waals surface area contributed by atoms with Gasteiger partial charge in [-0.2, -0.15) is 13.2 Å². The van der Waals surface area contributed by atoms with Crippen molar-refractivity contribution in [1.29, 1.82) is 0 Å². The number of anilines is 1. The quantitative estimate of drug-likeness (QED) is 0.831. The van der Waals surface area contributed by atoms with Crippen LogP contribution in [0.3, 0.4) is 0 Å². The summed E-state index contributed by atoms with van der Waals surface area (Å²) in [4.78, 5) is 13.8. The lowest BCUT2D eigenvalue weighted by Crippen LogP contribution is -2.25.